The van der Waals surface area contributed by atoms with E-state index in [0.717, 1.165) is 11.2 Å². The molecule has 0 aliphatic rings. The Morgan fingerprint density at radius 1 is 1.07 bits per heavy atom. The molecule has 0 radical (unpaired) electrons. The number of carbonyl (C=O) groups excluding carboxylic acids is 1. The lowest BCUT2D eigenvalue weighted by atomic mass is 10.2. The Kier molecular flexibility index (Phi) is 3.98. The molecule has 0 amide bonds. The molecule has 0 saturated heterocycles. The molecule has 0 spiro atoms. The molecule has 78 valence electrons. The summed E-state index contributed by atoms with van der Waals surface area (Å²) in [5.41, 5.74) is 2.15. The van der Waals surface area contributed by atoms with Crippen molar-refractivity contribution in [1.82, 2.24) is 4.98 Å². The zero-order chi connectivity index (χ0) is 11.3. The number of aromatic nitrogens is 1. The van der Waals surface area contributed by atoms with Crippen LogP contribution in [-0.2, 0) is 4.79 Å². The maximum absolute atomic E-state index is 9.44. The van der Waals surface area contributed by atoms with Gasteiger partial charge in [0.25, 0.3) is 0 Å². The van der Waals surface area contributed by atoms with Crippen LogP contribution in [-0.4, -0.2) is 10.8 Å². The Morgan fingerprint density at radius 2 is 1.67 bits per heavy atom. The van der Waals surface area contributed by atoms with E-state index in [2.05, 4.69) is 17.1 Å². The summed E-state index contributed by atoms with van der Waals surface area (Å²) in [5, 5.41) is 1.21. The third-order valence-corrected chi connectivity index (χ3v) is 1.74. The first kappa shape index (κ1) is 11.4. The van der Waals surface area contributed by atoms with Crippen LogP contribution < -0.4 is 0 Å². The first-order chi connectivity index (χ1) is 7.09. The standard InChI is InChI=1S/C10H9N.C3H6O/c1-8-6-7-9-4-2-3-5-10(9)11-8;1-3(2)4/h2-7H,1H3;1-2H3. The summed E-state index contributed by atoms with van der Waals surface area (Å²) in [6, 6.07) is 12.3. The summed E-state index contributed by atoms with van der Waals surface area (Å²) in [5.74, 6) is 0.167. The number of rotatable bonds is 0. The third-order valence-electron chi connectivity index (χ3n) is 1.74. The fourth-order valence-corrected chi connectivity index (χ4v) is 1.17. The number of fused-ring (bicyclic) bond motifs is 1. The predicted molar refractivity (Wildman–Crippen MR) is 62.8 cm³/mol. The minimum Gasteiger partial charge on any atom is -0.300 e. The molecule has 2 aromatic rings. The van der Waals surface area contributed by atoms with E-state index in [1.807, 2.05) is 31.2 Å². The van der Waals surface area contributed by atoms with Crippen molar-refractivity contribution in [3.63, 3.8) is 0 Å². The first-order valence-corrected chi connectivity index (χ1v) is 4.89. The smallest absolute Gasteiger partial charge is 0.126 e. The number of hydrogen-bond acceptors (Lipinski definition) is 2. The van der Waals surface area contributed by atoms with Crippen LogP contribution >= 0.6 is 0 Å². The van der Waals surface area contributed by atoms with Crippen molar-refractivity contribution < 1.29 is 4.79 Å². The predicted octanol–water partition coefficient (Wildman–Crippen LogP) is 3.14. The second-order valence-corrected chi connectivity index (χ2v) is 3.55. The highest BCUT2D eigenvalue weighted by molar-refractivity contribution is 5.78. The van der Waals surface area contributed by atoms with Crippen molar-refractivity contribution in [2.45, 2.75) is 20.8 Å². The highest BCUT2D eigenvalue weighted by Crippen LogP contribution is 2.10. The molecule has 0 bridgehead atoms. The monoisotopic (exact) mass is 201 g/mol. The van der Waals surface area contributed by atoms with Gasteiger partial charge in [0.05, 0.1) is 5.52 Å². The van der Waals surface area contributed by atoms with Crippen LogP contribution in [0.2, 0.25) is 0 Å². The number of nitrogens with zero attached hydrogens (tertiary/aromatic N) is 1. The second kappa shape index (κ2) is 5.25. The van der Waals surface area contributed by atoms with Crippen LogP contribution in [0.5, 0.6) is 0 Å². The van der Waals surface area contributed by atoms with Crippen molar-refractivity contribution in [3.05, 3.63) is 42.1 Å². The SMILES string of the molecule is CC(C)=O.Cc1ccc2ccccc2n1. The Labute approximate surface area is 90.0 Å². The van der Waals surface area contributed by atoms with Gasteiger partial charge in [0.2, 0.25) is 0 Å². The van der Waals surface area contributed by atoms with Gasteiger partial charge in [-0.05, 0) is 32.9 Å². The molecule has 2 nitrogen and oxygen atoms in total. The fraction of sp³-hybridized carbons (Fsp3) is 0.231. The molecule has 1 aromatic heterocycles. The maximum atomic E-state index is 9.44. The Bertz CT molecular complexity index is 459. The quantitative estimate of drug-likeness (QED) is 0.655. The highest BCUT2D eigenvalue weighted by Gasteiger charge is 1.90. The molecule has 15 heavy (non-hydrogen) atoms. The van der Waals surface area contributed by atoms with Crippen molar-refractivity contribution in [3.8, 4) is 0 Å². The minimum absolute atomic E-state index is 0.167. The molecule has 0 aliphatic heterocycles. The van der Waals surface area contributed by atoms with E-state index in [1.165, 1.54) is 19.2 Å². The molecule has 1 heterocycles. The molecular formula is C13H15NO. The molecular weight excluding hydrogens is 186 g/mol. The van der Waals surface area contributed by atoms with Gasteiger partial charge in [0, 0.05) is 11.1 Å². The molecule has 0 aliphatic carbocycles. The van der Waals surface area contributed by atoms with Crippen molar-refractivity contribution in [2.75, 3.05) is 0 Å². The second-order valence-electron chi connectivity index (χ2n) is 3.55. The van der Waals surface area contributed by atoms with Gasteiger partial charge in [-0.2, -0.15) is 0 Å². The minimum atomic E-state index is 0.167. The Hall–Kier alpha value is -1.70. The summed E-state index contributed by atoms with van der Waals surface area (Å²) < 4.78 is 0. The fourth-order valence-electron chi connectivity index (χ4n) is 1.17. The highest BCUT2D eigenvalue weighted by atomic mass is 16.1. The average Bonchev–Trinajstić information content (AvgIpc) is 2.16. The number of hydrogen-bond donors (Lipinski definition) is 0. The largest absolute Gasteiger partial charge is 0.300 e. The van der Waals surface area contributed by atoms with Crippen molar-refractivity contribution in [1.29, 1.82) is 0 Å². The average molecular weight is 201 g/mol. The number of benzene rings is 1. The van der Waals surface area contributed by atoms with Gasteiger partial charge in [-0.1, -0.05) is 24.3 Å². The van der Waals surface area contributed by atoms with E-state index in [0.29, 0.717) is 0 Å². The van der Waals surface area contributed by atoms with Crippen LogP contribution in [0, 0.1) is 6.92 Å². The summed E-state index contributed by atoms with van der Waals surface area (Å²) in [7, 11) is 0. The topological polar surface area (TPSA) is 30.0 Å². The summed E-state index contributed by atoms with van der Waals surface area (Å²) >= 11 is 0. The summed E-state index contributed by atoms with van der Waals surface area (Å²) in [6.07, 6.45) is 0. The van der Waals surface area contributed by atoms with Gasteiger partial charge < -0.3 is 4.79 Å². The lowest BCUT2D eigenvalue weighted by Crippen LogP contribution is -1.80. The van der Waals surface area contributed by atoms with Crippen molar-refractivity contribution >= 4 is 16.7 Å². The van der Waals surface area contributed by atoms with Gasteiger partial charge >= 0.3 is 0 Å². The number of pyridine rings is 1. The number of aryl methyl sites for hydroxylation is 1. The van der Waals surface area contributed by atoms with E-state index >= 15 is 0 Å². The van der Waals surface area contributed by atoms with Crippen LogP contribution in [0.3, 0.4) is 0 Å². The lowest BCUT2D eigenvalue weighted by molar-refractivity contribution is -0.114. The molecule has 1 aromatic carbocycles. The Morgan fingerprint density at radius 3 is 2.33 bits per heavy atom. The van der Waals surface area contributed by atoms with E-state index in [9.17, 15) is 4.79 Å². The summed E-state index contributed by atoms with van der Waals surface area (Å²) in [4.78, 5) is 13.8. The normalized spacial score (nSPS) is 9.27. The van der Waals surface area contributed by atoms with Crippen LogP contribution in [0.25, 0.3) is 10.9 Å². The van der Waals surface area contributed by atoms with Crippen LogP contribution in [0.15, 0.2) is 36.4 Å². The molecule has 0 N–H and O–H groups in total. The van der Waals surface area contributed by atoms with E-state index in [-0.39, 0.29) is 5.78 Å². The lowest BCUT2D eigenvalue weighted by Gasteiger charge is -1.95. The molecule has 0 fully saturated rings. The number of Topliss-reactive ketones (excluding diaryl/α,β-unsaturated/α-hetero) is 1. The van der Waals surface area contributed by atoms with E-state index < -0.39 is 0 Å². The van der Waals surface area contributed by atoms with Gasteiger partial charge in [-0.15, -0.1) is 0 Å². The molecule has 2 heteroatoms. The van der Waals surface area contributed by atoms with Crippen LogP contribution in [0.4, 0.5) is 0 Å². The molecule has 2 rings (SSSR count). The van der Waals surface area contributed by atoms with Gasteiger partial charge in [-0.3, -0.25) is 4.98 Å². The summed E-state index contributed by atoms with van der Waals surface area (Å²) in [6.45, 7) is 5.06. The number of ketones is 1. The third kappa shape index (κ3) is 3.90. The van der Waals surface area contributed by atoms with E-state index in [4.69, 9.17) is 0 Å². The van der Waals surface area contributed by atoms with E-state index in [1.54, 1.807) is 0 Å². The van der Waals surface area contributed by atoms with Gasteiger partial charge in [0.15, 0.2) is 0 Å². The van der Waals surface area contributed by atoms with Crippen LogP contribution in [0.1, 0.15) is 19.5 Å². The maximum Gasteiger partial charge on any atom is 0.126 e. The Balaban J connectivity index is 0.000000245. The zero-order valence-electron chi connectivity index (χ0n) is 9.32. The first-order valence-electron chi connectivity index (χ1n) is 4.89. The zero-order valence-corrected chi connectivity index (χ0v) is 9.32. The molecule has 0 atom stereocenters. The molecule has 0 saturated carbocycles. The van der Waals surface area contributed by atoms with Gasteiger partial charge in [-0.25, -0.2) is 0 Å². The number of carbonyl (C=O) groups is 1. The van der Waals surface area contributed by atoms with Gasteiger partial charge in [0.1, 0.15) is 5.78 Å². The van der Waals surface area contributed by atoms with Crippen molar-refractivity contribution in [2.24, 2.45) is 0 Å². The molecule has 0 unspecified atom stereocenters. The number of para-hydroxylation sites is 1.